The summed E-state index contributed by atoms with van der Waals surface area (Å²) in [7, 11) is 0. The summed E-state index contributed by atoms with van der Waals surface area (Å²) < 4.78 is 0. The maximum absolute atomic E-state index is 11.2. The van der Waals surface area contributed by atoms with Crippen LogP contribution < -0.4 is 16.4 Å². The molecule has 4 N–H and O–H groups in total. The Hall–Kier alpha value is -0.610. The molecular formula is C8H17N3O. The Morgan fingerprint density at radius 3 is 3.08 bits per heavy atom. The van der Waals surface area contributed by atoms with Crippen molar-refractivity contribution in [1.29, 1.82) is 0 Å². The Balaban J connectivity index is 2.08. The van der Waals surface area contributed by atoms with Crippen molar-refractivity contribution in [2.45, 2.75) is 25.3 Å². The molecule has 1 aliphatic rings. The van der Waals surface area contributed by atoms with Crippen LogP contribution in [0.4, 0.5) is 0 Å². The van der Waals surface area contributed by atoms with Gasteiger partial charge in [0.2, 0.25) is 5.91 Å². The first-order valence-corrected chi connectivity index (χ1v) is 4.53. The molecule has 1 fully saturated rings. The van der Waals surface area contributed by atoms with Gasteiger partial charge in [-0.2, -0.15) is 0 Å². The van der Waals surface area contributed by atoms with E-state index < -0.39 is 0 Å². The van der Waals surface area contributed by atoms with E-state index in [1.54, 1.807) is 0 Å². The average molecular weight is 171 g/mol. The SMILES string of the molecule is NCCNC(=O)CC1CCCN1. The van der Waals surface area contributed by atoms with Gasteiger partial charge in [0.15, 0.2) is 0 Å². The monoisotopic (exact) mass is 171 g/mol. The second-order valence-electron chi connectivity index (χ2n) is 3.14. The third-order valence-electron chi connectivity index (χ3n) is 2.06. The zero-order chi connectivity index (χ0) is 8.81. The highest BCUT2D eigenvalue weighted by atomic mass is 16.1. The highest BCUT2D eigenvalue weighted by Gasteiger charge is 2.16. The molecule has 0 aliphatic carbocycles. The molecule has 1 aliphatic heterocycles. The lowest BCUT2D eigenvalue weighted by molar-refractivity contribution is -0.121. The van der Waals surface area contributed by atoms with Gasteiger partial charge in [-0.3, -0.25) is 4.79 Å². The number of nitrogens with one attached hydrogen (secondary N) is 2. The maximum atomic E-state index is 11.2. The molecule has 1 atom stereocenters. The number of carbonyl (C=O) groups is 1. The van der Waals surface area contributed by atoms with Crippen molar-refractivity contribution in [2.75, 3.05) is 19.6 Å². The molecule has 4 nitrogen and oxygen atoms in total. The maximum Gasteiger partial charge on any atom is 0.221 e. The van der Waals surface area contributed by atoms with Gasteiger partial charge in [0.25, 0.3) is 0 Å². The quantitative estimate of drug-likeness (QED) is 0.519. The van der Waals surface area contributed by atoms with Gasteiger partial charge in [-0.25, -0.2) is 0 Å². The smallest absolute Gasteiger partial charge is 0.221 e. The van der Waals surface area contributed by atoms with Gasteiger partial charge >= 0.3 is 0 Å². The summed E-state index contributed by atoms with van der Waals surface area (Å²) in [6.07, 6.45) is 2.91. The predicted molar refractivity (Wildman–Crippen MR) is 47.7 cm³/mol. The van der Waals surface area contributed by atoms with Crippen LogP contribution in [-0.4, -0.2) is 31.6 Å². The first kappa shape index (κ1) is 9.48. The number of carbonyl (C=O) groups excluding carboxylic acids is 1. The molecule has 1 rings (SSSR count). The van der Waals surface area contributed by atoms with Crippen molar-refractivity contribution in [3.8, 4) is 0 Å². The Kier molecular flexibility index (Phi) is 4.04. The van der Waals surface area contributed by atoms with Crippen LogP contribution in [0.2, 0.25) is 0 Å². The largest absolute Gasteiger partial charge is 0.355 e. The molecule has 70 valence electrons. The highest BCUT2D eigenvalue weighted by molar-refractivity contribution is 5.76. The second kappa shape index (κ2) is 5.11. The van der Waals surface area contributed by atoms with E-state index in [1.165, 1.54) is 6.42 Å². The number of amides is 1. The van der Waals surface area contributed by atoms with E-state index in [2.05, 4.69) is 10.6 Å². The van der Waals surface area contributed by atoms with E-state index in [4.69, 9.17) is 5.73 Å². The van der Waals surface area contributed by atoms with Crippen LogP contribution in [0.1, 0.15) is 19.3 Å². The van der Waals surface area contributed by atoms with Gasteiger partial charge in [-0.1, -0.05) is 0 Å². The van der Waals surface area contributed by atoms with Gasteiger partial charge in [0.05, 0.1) is 0 Å². The molecular weight excluding hydrogens is 154 g/mol. The summed E-state index contributed by atoms with van der Waals surface area (Å²) in [5.74, 6) is 0.111. The van der Waals surface area contributed by atoms with Crippen molar-refractivity contribution in [1.82, 2.24) is 10.6 Å². The lowest BCUT2D eigenvalue weighted by Crippen LogP contribution is -2.34. The van der Waals surface area contributed by atoms with Crippen molar-refractivity contribution in [3.63, 3.8) is 0 Å². The first-order chi connectivity index (χ1) is 5.83. The van der Waals surface area contributed by atoms with Crippen LogP contribution in [0, 0.1) is 0 Å². The summed E-state index contributed by atoms with van der Waals surface area (Å²) in [6.45, 7) is 2.16. The molecule has 0 aromatic heterocycles. The second-order valence-corrected chi connectivity index (χ2v) is 3.14. The molecule has 0 bridgehead atoms. The molecule has 0 radical (unpaired) electrons. The lowest BCUT2D eigenvalue weighted by atomic mass is 10.1. The zero-order valence-electron chi connectivity index (χ0n) is 7.31. The van der Waals surface area contributed by atoms with E-state index >= 15 is 0 Å². The molecule has 1 unspecified atom stereocenters. The van der Waals surface area contributed by atoms with Gasteiger partial charge < -0.3 is 16.4 Å². The molecule has 1 amide bonds. The topological polar surface area (TPSA) is 67.1 Å². The van der Waals surface area contributed by atoms with E-state index in [9.17, 15) is 4.79 Å². The summed E-state index contributed by atoms with van der Waals surface area (Å²) in [6, 6.07) is 0.391. The van der Waals surface area contributed by atoms with E-state index in [0.717, 1.165) is 13.0 Å². The Morgan fingerprint density at radius 2 is 2.50 bits per heavy atom. The predicted octanol–water partition coefficient (Wildman–Crippen LogP) is -0.797. The Labute approximate surface area is 72.9 Å². The van der Waals surface area contributed by atoms with Crippen LogP contribution in [0.15, 0.2) is 0 Å². The van der Waals surface area contributed by atoms with Crippen molar-refractivity contribution < 1.29 is 4.79 Å². The minimum Gasteiger partial charge on any atom is -0.355 e. The lowest BCUT2D eigenvalue weighted by Gasteiger charge is -2.09. The normalized spacial score (nSPS) is 22.6. The molecule has 1 heterocycles. The number of rotatable bonds is 4. The fourth-order valence-electron chi connectivity index (χ4n) is 1.44. The molecule has 1 saturated heterocycles. The standard InChI is InChI=1S/C8H17N3O/c9-3-5-11-8(12)6-7-2-1-4-10-7/h7,10H,1-6,9H2,(H,11,12). The molecule has 0 aromatic carbocycles. The molecule has 0 saturated carbocycles. The first-order valence-electron chi connectivity index (χ1n) is 4.53. The minimum atomic E-state index is 0.111. The van der Waals surface area contributed by atoms with Crippen molar-refractivity contribution in [3.05, 3.63) is 0 Å². The third kappa shape index (κ3) is 3.19. The molecule has 4 heteroatoms. The fraction of sp³-hybridized carbons (Fsp3) is 0.875. The summed E-state index contributed by atoms with van der Waals surface area (Å²) in [5, 5.41) is 6.03. The average Bonchev–Trinajstić information content (AvgIpc) is 2.53. The van der Waals surface area contributed by atoms with Crippen molar-refractivity contribution >= 4 is 5.91 Å². The number of nitrogens with two attached hydrogens (primary N) is 1. The van der Waals surface area contributed by atoms with Gasteiger partial charge in [-0.05, 0) is 19.4 Å². The van der Waals surface area contributed by atoms with Crippen LogP contribution >= 0.6 is 0 Å². The third-order valence-corrected chi connectivity index (χ3v) is 2.06. The van der Waals surface area contributed by atoms with Crippen LogP contribution in [0.25, 0.3) is 0 Å². The molecule has 12 heavy (non-hydrogen) atoms. The highest BCUT2D eigenvalue weighted by Crippen LogP contribution is 2.07. The minimum absolute atomic E-state index is 0.111. The fourth-order valence-corrected chi connectivity index (χ4v) is 1.44. The summed E-state index contributed by atoms with van der Waals surface area (Å²) in [5.41, 5.74) is 5.25. The Bertz CT molecular complexity index is 143. The number of hydrogen-bond donors (Lipinski definition) is 3. The van der Waals surface area contributed by atoms with Gasteiger partial charge in [0.1, 0.15) is 0 Å². The zero-order valence-corrected chi connectivity index (χ0v) is 7.31. The van der Waals surface area contributed by atoms with Crippen LogP contribution in [-0.2, 0) is 4.79 Å². The molecule has 0 aromatic rings. The van der Waals surface area contributed by atoms with E-state index in [-0.39, 0.29) is 5.91 Å². The summed E-state index contributed by atoms with van der Waals surface area (Å²) in [4.78, 5) is 11.2. The Morgan fingerprint density at radius 1 is 1.67 bits per heavy atom. The van der Waals surface area contributed by atoms with E-state index in [1.807, 2.05) is 0 Å². The van der Waals surface area contributed by atoms with Gasteiger partial charge in [-0.15, -0.1) is 0 Å². The summed E-state index contributed by atoms with van der Waals surface area (Å²) >= 11 is 0. The molecule has 0 spiro atoms. The van der Waals surface area contributed by atoms with Gasteiger partial charge in [0, 0.05) is 25.6 Å². The van der Waals surface area contributed by atoms with Crippen molar-refractivity contribution in [2.24, 2.45) is 5.73 Å². The number of hydrogen-bond acceptors (Lipinski definition) is 3. The van der Waals surface area contributed by atoms with Crippen LogP contribution in [0.5, 0.6) is 0 Å². The van der Waals surface area contributed by atoms with Crippen LogP contribution in [0.3, 0.4) is 0 Å². The van der Waals surface area contributed by atoms with E-state index in [0.29, 0.717) is 25.6 Å².